The van der Waals surface area contributed by atoms with Crippen molar-refractivity contribution in [2.45, 2.75) is 6.92 Å². The van der Waals surface area contributed by atoms with Crippen LogP contribution in [0.15, 0.2) is 0 Å². The van der Waals surface area contributed by atoms with Crippen molar-refractivity contribution in [3.05, 3.63) is 0 Å². The molecule has 0 N–H and O–H groups in total. The summed E-state index contributed by atoms with van der Waals surface area (Å²) in [5, 5.41) is 0. The van der Waals surface area contributed by atoms with E-state index in [9.17, 15) is 4.57 Å². The fourth-order valence-corrected chi connectivity index (χ4v) is 0.433. The summed E-state index contributed by atoms with van der Waals surface area (Å²) in [4.78, 5) is 0. The van der Waals surface area contributed by atoms with Gasteiger partial charge in [-0.2, -0.15) is 0 Å². The Morgan fingerprint density at radius 3 is 2.14 bits per heavy atom. The fraction of sp³-hybridized carbons (Fsp3) is 1.00. The Balaban J connectivity index is 0. The Morgan fingerprint density at radius 1 is 1.71 bits per heavy atom. The average Bonchev–Trinajstić information content (AvgIpc) is 1.65. The first-order valence-electron chi connectivity index (χ1n) is 1.88. The fourth-order valence-electron chi connectivity index (χ4n) is 0.144. The maximum Gasteiger partial charge on any atom is 0.191 e. The monoisotopic (exact) mass is 247 g/mol. The summed E-state index contributed by atoms with van der Waals surface area (Å²) in [7, 11) is -0.155. The van der Waals surface area contributed by atoms with E-state index < -0.39 is 8.03 Å². The number of hydrogen-bond donors (Lipinski definition) is 0. The van der Waals surface area contributed by atoms with Crippen LogP contribution in [0.3, 0.4) is 0 Å². The van der Waals surface area contributed by atoms with Gasteiger partial charge in [0.05, 0.1) is 0 Å². The zero-order chi connectivity index (χ0) is 4.99. The van der Waals surface area contributed by atoms with Gasteiger partial charge in [-0.3, -0.25) is 4.57 Å². The Labute approximate surface area is 72.5 Å². The van der Waals surface area contributed by atoms with E-state index in [1.807, 2.05) is 6.92 Å². The van der Waals surface area contributed by atoms with Crippen LogP contribution in [-0.2, 0) is 9.09 Å². The summed E-state index contributed by atoms with van der Waals surface area (Å²) in [5.41, 5.74) is 0. The summed E-state index contributed by atoms with van der Waals surface area (Å²) in [6.07, 6.45) is 0.654. The minimum absolute atomic E-state index is 0. The average molecular weight is 247 g/mol. The molecule has 7 heavy (non-hydrogen) atoms. The van der Waals surface area contributed by atoms with Crippen molar-refractivity contribution in [1.29, 1.82) is 0 Å². The normalized spacial score (nSPS) is 12.3. The Bertz CT molecular complexity index is 50.9. The Morgan fingerprint density at radius 2 is 2.14 bits per heavy atom. The van der Waals surface area contributed by atoms with Crippen molar-refractivity contribution in [3.63, 3.8) is 0 Å². The quantitative estimate of drug-likeness (QED) is 0.683. The zero-order valence-electron chi connectivity index (χ0n) is 4.60. The molecule has 0 rings (SSSR count). The first-order valence-corrected chi connectivity index (χ1v) is 3.40. The first kappa shape index (κ1) is 11.2. The van der Waals surface area contributed by atoms with Gasteiger partial charge in [-0.1, -0.05) is 6.92 Å². The predicted molar refractivity (Wildman–Crippen MR) is 26.6 cm³/mol. The summed E-state index contributed by atoms with van der Waals surface area (Å²) in [6, 6.07) is 0. The maximum absolute atomic E-state index is 10.1. The van der Waals surface area contributed by atoms with Crippen LogP contribution in [0.25, 0.3) is 0 Å². The first-order chi connectivity index (χ1) is 2.81. The van der Waals surface area contributed by atoms with Crippen molar-refractivity contribution in [3.8, 4) is 0 Å². The zero-order valence-corrected chi connectivity index (χ0v) is 9.23. The largest absolute Gasteiger partial charge is 0.334 e. The molecule has 0 heterocycles. The van der Waals surface area contributed by atoms with Crippen molar-refractivity contribution in [1.82, 2.24) is 0 Å². The number of rotatable bonds is 2. The summed E-state index contributed by atoms with van der Waals surface area (Å²) < 4.78 is 14.6. The van der Waals surface area contributed by atoms with E-state index in [-0.39, 0.29) is 35.6 Å². The van der Waals surface area contributed by atoms with Crippen molar-refractivity contribution < 1.29 is 44.7 Å². The van der Waals surface area contributed by atoms with Crippen LogP contribution in [0.1, 0.15) is 6.92 Å². The van der Waals surface area contributed by atoms with Gasteiger partial charge >= 0.3 is 0 Å². The van der Waals surface area contributed by atoms with Gasteiger partial charge in [-0.15, -0.1) is 0 Å². The molecule has 4 heteroatoms. The van der Waals surface area contributed by atoms with Crippen LogP contribution in [0.5, 0.6) is 0 Å². The molecule has 2 nitrogen and oxygen atoms in total. The van der Waals surface area contributed by atoms with Crippen molar-refractivity contribution in [2.75, 3.05) is 13.3 Å². The molecule has 0 amide bonds. The van der Waals surface area contributed by atoms with Crippen LogP contribution in [-0.4, -0.2) is 13.3 Å². The van der Waals surface area contributed by atoms with E-state index in [0.717, 1.165) is 0 Å². The second-order valence-corrected chi connectivity index (χ2v) is 2.79. The molecule has 0 aliphatic heterocycles. The Hall–Kier alpha value is 1.38. The van der Waals surface area contributed by atoms with Crippen molar-refractivity contribution in [2.24, 2.45) is 0 Å². The minimum atomic E-state index is -1.62. The molecule has 0 saturated carbocycles. The van der Waals surface area contributed by atoms with E-state index in [1.54, 1.807) is 0 Å². The molecule has 41 valence electrons. The van der Waals surface area contributed by atoms with Crippen LogP contribution in [0, 0.1) is 35.6 Å². The molecule has 0 aromatic rings. The second-order valence-electron chi connectivity index (χ2n) is 0.930. The van der Waals surface area contributed by atoms with E-state index >= 15 is 0 Å². The minimum Gasteiger partial charge on any atom is -0.334 e. The molecule has 1 atom stereocenters. The molecule has 0 spiro atoms. The van der Waals surface area contributed by atoms with Crippen LogP contribution >= 0.6 is 8.03 Å². The van der Waals surface area contributed by atoms with Gasteiger partial charge in [0.25, 0.3) is 0 Å². The standard InChI is InChI=1S/C3H9O2P.La/c1-3-6(4)5-2;/h6H,3H2,1-2H3;. The molecule has 1 unspecified atom stereocenters. The SMILES string of the molecule is CC[PH](=O)OC.[La]. The number of hydrogen-bond acceptors (Lipinski definition) is 2. The molecule has 0 aliphatic carbocycles. The molecular weight excluding hydrogens is 238 g/mol. The molecule has 0 saturated heterocycles. The summed E-state index contributed by atoms with van der Waals surface area (Å²) in [6.45, 7) is 1.84. The van der Waals surface area contributed by atoms with Crippen LogP contribution < -0.4 is 0 Å². The maximum atomic E-state index is 10.1. The molecule has 0 aromatic carbocycles. The summed E-state index contributed by atoms with van der Waals surface area (Å²) >= 11 is 0. The molecular formula is C3H9LaO2P. The molecule has 0 aromatic heterocycles. The smallest absolute Gasteiger partial charge is 0.191 e. The van der Waals surface area contributed by atoms with Gasteiger partial charge in [-0.05, 0) is 0 Å². The van der Waals surface area contributed by atoms with Gasteiger partial charge in [-0.25, -0.2) is 0 Å². The molecule has 0 aliphatic rings. The van der Waals surface area contributed by atoms with Gasteiger partial charge in [0.15, 0.2) is 8.03 Å². The van der Waals surface area contributed by atoms with E-state index in [1.165, 1.54) is 7.11 Å². The third kappa shape index (κ3) is 7.38. The van der Waals surface area contributed by atoms with Gasteiger partial charge in [0, 0.05) is 48.9 Å². The predicted octanol–water partition coefficient (Wildman–Crippen LogP) is 1.13. The third-order valence-electron chi connectivity index (χ3n) is 0.516. The second kappa shape index (κ2) is 7.38. The van der Waals surface area contributed by atoms with Gasteiger partial charge < -0.3 is 4.52 Å². The van der Waals surface area contributed by atoms with Crippen LogP contribution in [0.2, 0.25) is 0 Å². The molecule has 0 bridgehead atoms. The topological polar surface area (TPSA) is 26.3 Å². The van der Waals surface area contributed by atoms with E-state index in [0.29, 0.717) is 6.16 Å². The molecule has 1 radical (unpaired) electrons. The van der Waals surface area contributed by atoms with Gasteiger partial charge in [0.1, 0.15) is 0 Å². The van der Waals surface area contributed by atoms with Crippen molar-refractivity contribution >= 4 is 8.03 Å². The van der Waals surface area contributed by atoms with E-state index in [4.69, 9.17) is 0 Å². The molecule has 0 fully saturated rings. The van der Waals surface area contributed by atoms with Gasteiger partial charge in [0.2, 0.25) is 0 Å². The van der Waals surface area contributed by atoms with E-state index in [2.05, 4.69) is 4.52 Å². The van der Waals surface area contributed by atoms with Crippen LogP contribution in [0.4, 0.5) is 0 Å². The third-order valence-corrected chi connectivity index (χ3v) is 1.55. The Kier molecular flexibility index (Phi) is 11.8. The summed E-state index contributed by atoms with van der Waals surface area (Å²) in [5.74, 6) is 0.